The number of allylic oxidation sites excluding steroid dienone is 1. The third kappa shape index (κ3) is 4.39. The molecule has 0 amide bonds. The second-order valence-corrected chi connectivity index (χ2v) is 2.46. The molecular formula is C8H16O2. The fourth-order valence-electron chi connectivity index (χ4n) is 0.423. The van der Waals surface area contributed by atoms with Gasteiger partial charge in [-0.15, -0.1) is 0 Å². The highest BCUT2D eigenvalue weighted by molar-refractivity contribution is 4.85. The van der Waals surface area contributed by atoms with E-state index in [1.807, 2.05) is 0 Å². The Hall–Kier alpha value is -0.500. The van der Waals surface area contributed by atoms with Crippen LogP contribution >= 0.6 is 0 Å². The lowest BCUT2D eigenvalue weighted by Gasteiger charge is -2.10. The van der Waals surface area contributed by atoms with Gasteiger partial charge in [-0.1, -0.05) is 20.4 Å². The molecule has 0 aliphatic rings. The van der Waals surface area contributed by atoms with E-state index in [4.69, 9.17) is 9.47 Å². The van der Waals surface area contributed by atoms with E-state index in [-0.39, 0.29) is 0 Å². The van der Waals surface area contributed by atoms with Crippen LogP contribution in [0, 0.1) is 5.92 Å². The predicted octanol–water partition coefficient (Wildman–Crippen LogP) is 1.82. The summed E-state index contributed by atoms with van der Waals surface area (Å²) in [5, 5.41) is 0. The minimum absolute atomic E-state index is 0.400. The van der Waals surface area contributed by atoms with Crippen molar-refractivity contribution in [1.82, 2.24) is 0 Å². The number of rotatable bonds is 5. The van der Waals surface area contributed by atoms with Gasteiger partial charge in [0.05, 0.1) is 12.4 Å². The molecular weight excluding hydrogens is 128 g/mol. The quantitative estimate of drug-likeness (QED) is 0.433. The summed E-state index contributed by atoms with van der Waals surface area (Å²) in [4.78, 5) is 0. The molecule has 0 atom stereocenters. The SMILES string of the molecule is C=C(OCCOC)C(C)C. The highest BCUT2D eigenvalue weighted by Gasteiger charge is 1.98. The highest BCUT2D eigenvalue weighted by atomic mass is 16.5. The Balaban J connectivity index is 3.22. The first-order chi connectivity index (χ1) is 4.68. The molecule has 0 aromatic rings. The molecule has 0 rings (SSSR count). The van der Waals surface area contributed by atoms with E-state index in [0.29, 0.717) is 19.1 Å². The van der Waals surface area contributed by atoms with Crippen molar-refractivity contribution in [3.05, 3.63) is 12.3 Å². The lowest BCUT2D eigenvalue weighted by Crippen LogP contribution is -2.04. The first-order valence-electron chi connectivity index (χ1n) is 3.49. The Morgan fingerprint density at radius 2 is 2.00 bits per heavy atom. The Morgan fingerprint density at radius 3 is 2.40 bits per heavy atom. The summed E-state index contributed by atoms with van der Waals surface area (Å²) in [5.74, 6) is 1.23. The molecule has 0 bridgehead atoms. The minimum Gasteiger partial charge on any atom is -0.496 e. The van der Waals surface area contributed by atoms with Crippen LogP contribution in [0.5, 0.6) is 0 Å². The average Bonchev–Trinajstić information content (AvgIpc) is 1.88. The Labute approximate surface area is 62.8 Å². The fourth-order valence-corrected chi connectivity index (χ4v) is 0.423. The van der Waals surface area contributed by atoms with Crippen LogP contribution in [-0.4, -0.2) is 20.3 Å². The van der Waals surface area contributed by atoms with Crippen molar-refractivity contribution in [2.24, 2.45) is 5.92 Å². The molecule has 0 saturated heterocycles. The molecule has 0 saturated carbocycles. The van der Waals surface area contributed by atoms with Gasteiger partial charge in [-0.3, -0.25) is 0 Å². The zero-order chi connectivity index (χ0) is 7.98. The van der Waals surface area contributed by atoms with Gasteiger partial charge in [0.2, 0.25) is 0 Å². The van der Waals surface area contributed by atoms with Gasteiger partial charge in [0, 0.05) is 13.0 Å². The standard InChI is InChI=1S/C8H16O2/c1-7(2)8(3)10-6-5-9-4/h7H,3,5-6H2,1-2,4H3. The maximum Gasteiger partial charge on any atom is 0.111 e. The van der Waals surface area contributed by atoms with Crippen molar-refractivity contribution >= 4 is 0 Å². The van der Waals surface area contributed by atoms with Gasteiger partial charge < -0.3 is 9.47 Å². The van der Waals surface area contributed by atoms with Gasteiger partial charge >= 0.3 is 0 Å². The van der Waals surface area contributed by atoms with Gasteiger partial charge in [0.25, 0.3) is 0 Å². The van der Waals surface area contributed by atoms with E-state index in [1.54, 1.807) is 7.11 Å². The van der Waals surface area contributed by atoms with Crippen molar-refractivity contribution in [3.8, 4) is 0 Å². The molecule has 0 heterocycles. The molecule has 0 unspecified atom stereocenters. The predicted molar refractivity (Wildman–Crippen MR) is 41.8 cm³/mol. The molecule has 0 aromatic heterocycles. The van der Waals surface area contributed by atoms with Crippen molar-refractivity contribution in [1.29, 1.82) is 0 Å². The van der Waals surface area contributed by atoms with Crippen LogP contribution in [0.2, 0.25) is 0 Å². The Morgan fingerprint density at radius 1 is 1.40 bits per heavy atom. The van der Waals surface area contributed by atoms with Crippen LogP contribution in [0.3, 0.4) is 0 Å². The van der Waals surface area contributed by atoms with Crippen LogP contribution in [0.25, 0.3) is 0 Å². The summed E-state index contributed by atoms with van der Waals surface area (Å²) < 4.78 is 10.0. The van der Waals surface area contributed by atoms with Gasteiger partial charge in [-0.05, 0) is 0 Å². The molecule has 0 radical (unpaired) electrons. The normalized spacial score (nSPS) is 10.0. The molecule has 0 spiro atoms. The molecule has 0 aliphatic carbocycles. The number of methoxy groups -OCH3 is 1. The fraction of sp³-hybridized carbons (Fsp3) is 0.750. The van der Waals surface area contributed by atoms with Crippen molar-refractivity contribution < 1.29 is 9.47 Å². The third-order valence-electron chi connectivity index (χ3n) is 1.22. The smallest absolute Gasteiger partial charge is 0.111 e. The summed E-state index contributed by atoms with van der Waals surface area (Å²) in [5.41, 5.74) is 0. The van der Waals surface area contributed by atoms with Crippen LogP contribution in [-0.2, 0) is 9.47 Å². The molecule has 2 nitrogen and oxygen atoms in total. The number of hydrogen-bond donors (Lipinski definition) is 0. The number of hydrogen-bond acceptors (Lipinski definition) is 2. The summed E-state index contributed by atoms with van der Waals surface area (Å²) >= 11 is 0. The Bertz CT molecular complexity index is 97.4. The van der Waals surface area contributed by atoms with Crippen LogP contribution < -0.4 is 0 Å². The summed E-state index contributed by atoms with van der Waals surface area (Å²) in [7, 11) is 1.65. The van der Waals surface area contributed by atoms with Crippen molar-refractivity contribution in [2.45, 2.75) is 13.8 Å². The molecule has 2 heteroatoms. The summed E-state index contributed by atoms with van der Waals surface area (Å²) in [6.07, 6.45) is 0. The largest absolute Gasteiger partial charge is 0.496 e. The second kappa shape index (κ2) is 5.30. The zero-order valence-electron chi connectivity index (χ0n) is 7.02. The van der Waals surface area contributed by atoms with E-state index >= 15 is 0 Å². The summed E-state index contributed by atoms with van der Waals surface area (Å²) in [6.45, 7) is 9.09. The monoisotopic (exact) mass is 144 g/mol. The van der Waals surface area contributed by atoms with Crippen LogP contribution in [0.1, 0.15) is 13.8 Å². The molecule has 60 valence electrons. The Kier molecular flexibility index (Phi) is 5.03. The van der Waals surface area contributed by atoms with Crippen molar-refractivity contribution in [2.75, 3.05) is 20.3 Å². The lowest BCUT2D eigenvalue weighted by molar-refractivity contribution is 0.100. The van der Waals surface area contributed by atoms with E-state index in [0.717, 1.165) is 5.76 Å². The molecule has 0 N–H and O–H groups in total. The third-order valence-corrected chi connectivity index (χ3v) is 1.22. The highest BCUT2D eigenvalue weighted by Crippen LogP contribution is 2.06. The second-order valence-electron chi connectivity index (χ2n) is 2.46. The molecule has 0 fully saturated rings. The number of ether oxygens (including phenoxy) is 2. The van der Waals surface area contributed by atoms with Gasteiger partial charge in [0.15, 0.2) is 0 Å². The van der Waals surface area contributed by atoms with Gasteiger partial charge in [0.1, 0.15) is 6.61 Å². The van der Waals surface area contributed by atoms with E-state index < -0.39 is 0 Å². The van der Waals surface area contributed by atoms with Crippen LogP contribution in [0.15, 0.2) is 12.3 Å². The minimum atomic E-state index is 0.400. The maximum absolute atomic E-state index is 5.22. The first kappa shape index (κ1) is 9.50. The molecule has 0 aromatic carbocycles. The van der Waals surface area contributed by atoms with Crippen LogP contribution in [0.4, 0.5) is 0 Å². The average molecular weight is 144 g/mol. The maximum atomic E-state index is 5.22. The first-order valence-corrected chi connectivity index (χ1v) is 3.49. The van der Waals surface area contributed by atoms with Gasteiger partial charge in [-0.2, -0.15) is 0 Å². The van der Waals surface area contributed by atoms with E-state index in [1.165, 1.54) is 0 Å². The zero-order valence-corrected chi connectivity index (χ0v) is 7.02. The molecule has 0 aliphatic heterocycles. The van der Waals surface area contributed by atoms with E-state index in [9.17, 15) is 0 Å². The lowest BCUT2D eigenvalue weighted by atomic mass is 10.2. The van der Waals surface area contributed by atoms with Gasteiger partial charge in [-0.25, -0.2) is 0 Å². The summed E-state index contributed by atoms with van der Waals surface area (Å²) in [6, 6.07) is 0. The topological polar surface area (TPSA) is 18.5 Å². The molecule has 10 heavy (non-hydrogen) atoms. The van der Waals surface area contributed by atoms with Crippen molar-refractivity contribution in [3.63, 3.8) is 0 Å². The van der Waals surface area contributed by atoms with E-state index in [2.05, 4.69) is 20.4 Å².